The molecule has 6 nitrogen and oxygen atoms in total. The lowest BCUT2D eigenvalue weighted by molar-refractivity contribution is 0.0928. The lowest BCUT2D eigenvalue weighted by Crippen LogP contribution is -2.21. The van der Waals surface area contributed by atoms with Crippen LogP contribution in [0.2, 0.25) is 0 Å². The van der Waals surface area contributed by atoms with Gasteiger partial charge in [0, 0.05) is 19.0 Å². The molecular formula is C8H11N5O. The Morgan fingerprint density at radius 1 is 1.64 bits per heavy atom. The number of tetrazole rings is 1. The Morgan fingerprint density at radius 2 is 2.43 bits per heavy atom. The van der Waals surface area contributed by atoms with Crippen molar-refractivity contribution in [2.24, 2.45) is 18.7 Å². The van der Waals surface area contributed by atoms with Crippen LogP contribution in [0.15, 0.2) is 12.2 Å². The fraction of sp³-hybridized carbons (Fsp3) is 0.500. The van der Waals surface area contributed by atoms with Crippen molar-refractivity contribution < 1.29 is 4.79 Å². The molecule has 0 fully saturated rings. The number of nitrogens with two attached hydrogens (primary N) is 1. The number of aromatic nitrogens is 4. The third-order valence-corrected chi connectivity index (χ3v) is 2.29. The van der Waals surface area contributed by atoms with Gasteiger partial charge in [-0.2, -0.15) is 0 Å². The Morgan fingerprint density at radius 3 is 2.93 bits per heavy atom. The number of carbonyl (C=O) groups is 1. The zero-order valence-electron chi connectivity index (χ0n) is 7.79. The summed E-state index contributed by atoms with van der Waals surface area (Å²) in [4.78, 5) is 11.8. The highest BCUT2D eigenvalue weighted by molar-refractivity contribution is 5.96. The van der Waals surface area contributed by atoms with Crippen LogP contribution in [0, 0.1) is 5.92 Å². The van der Waals surface area contributed by atoms with Crippen LogP contribution >= 0.6 is 0 Å². The molecule has 0 saturated carbocycles. The fourth-order valence-corrected chi connectivity index (χ4v) is 1.53. The molecule has 2 unspecified atom stereocenters. The van der Waals surface area contributed by atoms with Gasteiger partial charge in [-0.15, -0.1) is 5.10 Å². The molecule has 1 aliphatic carbocycles. The Kier molecular flexibility index (Phi) is 2.12. The summed E-state index contributed by atoms with van der Waals surface area (Å²) in [6.45, 7) is 0. The molecule has 74 valence electrons. The fourth-order valence-electron chi connectivity index (χ4n) is 1.53. The maximum absolute atomic E-state index is 11.8. The van der Waals surface area contributed by atoms with E-state index in [4.69, 9.17) is 5.73 Å². The molecule has 0 bridgehead atoms. The Labute approximate surface area is 80.8 Å². The zero-order valence-corrected chi connectivity index (χ0v) is 7.79. The minimum atomic E-state index is -0.172. The number of Topliss-reactive ketones (excluding diaryl/α,β-unsaturated/α-hetero) is 1. The molecule has 1 aromatic heterocycles. The number of aryl methyl sites for hydroxylation is 1. The molecule has 0 aromatic carbocycles. The van der Waals surface area contributed by atoms with Crippen LogP contribution in [0.3, 0.4) is 0 Å². The number of hydrogen-bond acceptors (Lipinski definition) is 5. The van der Waals surface area contributed by atoms with Gasteiger partial charge < -0.3 is 5.73 Å². The number of hydrogen-bond donors (Lipinski definition) is 1. The maximum Gasteiger partial charge on any atom is 0.218 e. The SMILES string of the molecule is Cn1nnnc1C(=O)C1C=CC(N)C1. The Balaban J connectivity index is 2.18. The van der Waals surface area contributed by atoms with E-state index in [9.17, 15) is 4.79 Å². The topological polar surface area (TPSA) is 86.7 Å². The van der Waals surface area contributed by atoms with Crippen LogP contribution in [0.5, 0.6) is 0 Å². The number of ketones is 1. The van der Waals surface area contributed by atoms with Gasteiger partial charge >= 0.3 is 0 Å². The van der Waals surface area contributed by atoms with Gasteiger partial charge in [0.1, 0.15) is 0 Å². The monoisotopic (exact) mass is 193 g/mol. The van der Waals surface area contributed by atoms with E-state index in [1.54, 1.807) is 7.05 Å². The van der Waals surface area contributed by atoms with E-state index in [0.29, 0.717) is 6.42 Å². The van der Waals surface area contributed by atoms with Crippen LogP contribution in [0.25, 0.3) is 0 Å². The van der Waals surface area contributed by atoms with Crippen LogP contribution in [0.4, 0.5) is 0 Å². The number of carbonyl (C=O) groups excluding carboxylic acids is 1. The van der Waals surface area contributed by atoms with Crippen molar-refractivity contribution in [1.82, 2.24) is 20.2 Å². The summed E-state index contributed by atoms with van der Waals surface area (Å²) in [6.07, 6.45) is 4.31. The first-order valence-electron chi connectivity index (χ1n) is 4.39. The molecular weight excluding hydrogens is 182 g/mol. The van der Waals surface area contributed by atoms with Gasteiger partial charge in [0.25, 0.3) is 0 Å². The maximum atomic E-state index is 11.8. The summed E-state index contributed by atoms with van der Waals surface area (Å²) >= 11 is 0. The summed E-state index contributed by atoms with van der Waals surface area (Å²) < 4.78 is 1.38. The predicted molar refractivity (Wildman–Crippen MR) is 48.4 cm³/mol. The predicted octanol–water partition coefficient (Wildman–Crippen LogP) is -0.704. The zero-order chi connectivity index (χ0) is 10.1. The van der Waals surface area contributed by atoms with E-state index in [0.717, 1.165) is 0 Å². The molecule has 0 amide bonds. The molecule has 2 N–H and O–H groups in total. The summed E-state index contributed by atoms with van der Waals surface area (Å²) in [5.41, 5.74) is 5.66. The second-order valence-electron chi connectivity index (χ2n) is 3.38. The standard InChI is InChI=1S/C8H11N5O/c1-13-8(10-11-12-13)7(14)5-2-3-6(9)4-5/h2-3,5-6H,4,9H2,1H3. The highest BCUT2D eigenvalue weighted by Crippen LogP contribution is 2.19. The van der Waals surface area contributed by atoms with E-state index >= 15 is 0 Å². The summed E-state index contributed by atoms with van der Waals surface area (Å²) in [5, 5.41) is 10.7. The first kappa shape index (κ1) is 9.01. The second-order valence-corrected chi connectivity index (χ2v) is 3.38. The lowest BCUT2D eigenvalue weighted by Gasteiger charge is -2.05. The summed E-state index contributed by atoms with van der Waals surface area (Å²) in [5.74, 6) is 0.0464. The summed E-state index contributed by atoms with van der Waals surface area (Å²) in [7, 11) is 1.64. The highest BCUT2D eigenvalue weighted by Gasteiger charge is 2.26. The molecule has 14 heavy (non-hydrogen) atoms. The molecule has 1 aromatic rings. The van der Waals surface area contributed by atoms with Crippen molar-refractivity contribution in [2.75, 3.05) is 0 Å². The Hall–Kier alpha value is -1.56. The van der Waals surface area contributed by atoms with Crippen LogP contribution in [-0.4, -0.2) is 32.0 Å². The number of allylic oxidation sites excluding steroid dienone is 1. The smallest absolute Gasteiger partial charge is 0.218 e. The lowest BCUT2D eigenvalue weighted by atomic mass is 10.0. The average molecular weight is 193 g/mol. The molecule has 0 aliphatic heterocycles. The summed E-state index contributed by atoms with van der Waals surface area (Å²) in [6, 6.07) is -0.0230. The first-order valence-corrected chi connectivity index (χ1v) is 4.39. The van der Waals surface area contributed by atoms with E-state index in [1.807, 2.05) is 12.2 Å². The van der Waals surface area contributed by atoms with E-state index in [-0.39, 0.29) is 23.6 Å². The molecule has 2 atom stereocenters. The van der Waals surface area contributed by atoms with Crippen LogP contribution in [-0.2, 0) is 7.05 Å². The van der Waals surface area contributed by atoms with Gasteiger partial charge in [-0.05, 0) is 16.8 Å². The number of nitrogens with zero attached hydrogens (tertiary/aromatic N) is 4. The highest BCUT2D eigenvalue weighted by atomic mass is 16.1. The largest absolute Gasteiger partial charge is 0.324 e. The molecule has 0 saturated heterocycles. The van der Waals surface area contributed by atoms with Crippen molar-refractivity contribution in [2.45, 2.75) is 12.5 Å². The van der Waals surface area contributed by atoms with Gasteiger partial charge in [0.2, 0.25) is 11.6 Å². The van der Waals surface area contributed by atoms with E-state index in [1.165, 1.54) is 4.68 Å². The third-order valence-electron chi connectivity index (χ3n) is 2.29. The normalized spacial score (nSPS) is 25.6. The second kappa shape index (κ2) is 3.30. The quantitative estimate of drug-likeness (QED) is 0.495. The average Bonchev–Trinajstić information content (AvgIpc) is 2.73. The molecule has 0 radical (unpaired) electrons. The van der Waals surface area contributed by atoms with Crippen molar-refractivity contribution in [1.29, 1.82) is 0 Å². The Bertz CT molecular complexity index is 383. The van der Waals surface area contributed by atoms with E-state index in [2.05, 4.69) is 15.5 Å². The molecule has 1 aliphatic rings. The van der Waals surface area contributed by atoms with Gasteiger partial charge in [0.05, 0.1) is 0 Å². The molecule has 2 rings (SSSR count). The molecule has 0 spiro atoms. The van der Waals surface area contributed by atoms with Gasteiger partial charge in [-0.1, -0.05) is 12.2 Å². The van der Waals surface area contributed by atoms with Gasteiger partial charge in [0.15, 0.2) is 0 Å². The number of rotatable bonds is 2. The van der Waals surface area contributed by atoms with Gasteiger partial charge in [-0.25, -0.2) is 4.68 Å². The molecule has 6 heteroatoms. The minimum Gasteiger partial charge on any atom is -0.324 e. The minimum absolute atomic E-state index is 0.0230. The van der Waals surface area contributed by atoms with Gasteiger partial charge in [-0.3, -0.25) is 4.79 Å². The van der Waals surface area contributed by atoms with Crippen molar-refractivity contribution >= 4 is 5.78 Å². The first-order chi connectivity index (χ1) is 6.68. The van der Waals surface area contributed by atoms with Crippen molar-refractivity contribution in [3.8, 4) is 0 Å². The van der Waals surface area contributed by atoms with Crippen LogP contribution < -0.4 is 5.73 Å². The third kappa shape index (κ3) is 1.44. The van der Waals surface area contributed by atoms with Crippen molar-refractivity contribution in [3.63, 3.8) is 0 Å². The molecule has 1 heterocycles. The van der Waals surface area contributed by atoms with Crippen molar-refractivity contribution in [3.05, 3.63) is 18.0 Å². The van der Waals surface area contributed by atoms with E-state index < -0.39 is 0 Å². The van der Waals surface area contributed by atoms with Crippen LogP contribution in [0.1, 0.15) is 17.0 Å².